The van der Waals surface area contributed by atoms with Gasteiger partial charge in [0.05, 0.1) is 24.2 Å². The minimum absolute atomic E-state index is 0.00254. The molecule has 6 heterocycles. The summed E-state index contributed by atoms with van der Waals surface area (Å²) in [6.07, 6.45) is 11.5. The number of pyridine rings is 1. The Bertz CT molecular complexity index is 1500. The molecule has 2 aliphatic heterocycles. The SMILES string of the molecule is c1cncc(CN2CCC(n3ncc4c(N5CCOC(c6ccc7[nH]ccc7c6)C5)ncnc43)CC2)c1. The topological polar surface area (TPSA) is 88.0 Å². The van der Waals surface area contributed by atoms with Crippen molar-refractivity contribution in [2.24, 2.45) is 0 Å². The Hall–Kier alpha value is -3.82. The molecule has 0 radical (unpaired) electrons. The molecular weight excluding hydrogens is 464 g/mol. The van der Waals surface area contributed by atoms with E-state index in [0.717, 1.165) is 67.9 Å². The van der Waals surface area contributed by atoms with Crippen LogP contribution in [0.15, 0.2) is 67.5 Å². The second-order valence-corrected chi connectivity index (χ2v) is 10.0. The van der Waals surface area contributed by atoms with Crippen molar-refractivity contribution in [3.8, 4) is 0 Å². The lowest BCUT2D eigenvalue weighted by Crippen LogP contribution is -2.39. The van der Waals surface area contributed by atoms with E-state index in [9.17, 15) is 0 Å². The first-order chi connectivity index (χ1) is 18.3. The summed E-state index contributed by atoms with van der Waals surface area (Å²) in [6, 6.07) is 13.1. The van der Waals surface area contributed by atoms with Crippen molar-refractivity contribution in [2.75, 3.05) is 37.7 Å². The number of fused-ring (bicyclic) bond motifs is 2. The molecule has 0 bridgehead atoms. The largest absolute Gasteiger partial charge is 0.370 e. The summed E-state index contributed by atoms with van der Waals surface area (Å²) in [4.78, 5) is 21.7. The molecule has 0 aliphatic carbocycles. The van der Waals surface area contributed by atoms with Crippen LogP contribution in [0.2, 0.25) is 0 Å². The first-order valence-electron chi connectivity index (χ1n) is 13.0. The third-order valence-electron chi connectivity index (χ3n) is 7.72. The average Bonchev–Trinajstić information content (AvgIpc) is 3.61. The molecule has 1 N–H and O–H groups in total. The van der Waals surface area contributed by atoms with Crippen molar-refractivity contribution in [1.82, 2.24) is 34.6 Å². The molecule has 188 valence electrons. The fraction of sp³-hybridized carbons (Fsp3) is 0.357. The number of piperidine rings is 1. The fourth-order valence-corrected chi connectivity index (χ4v) is 5.76. The number of rotatable bonds is 5. The van der Waals surface area contributed by atoms with E-state index < -0.39 is 0 Å². The number of nitrogens with zero attached hydrogens (tertiary/aromatic N) is 7. The predicted octanol–water partition coefficient (Wildman–Crippen LogP) is 4.12. The molecule has 37 heavy (non-hydrogen) atoms. The highest BCUT2D eigenvalue weighted by Crippen LogP contribution is 2.32. The number of hydrogen-bond acceptors (Lipinski definition) is 7. The van der Waals surface area contributed by atoms with Gasteiger partial charge in [-0.25, -0.2) is 14.6 Å². The number of ether oxygens (including phenoxy) is 1. The number of nitrogens with one attached hydrogen (secondary N) is 1. The summed E-state index contributed by atoms with van der Waals surface area (Å²) in [6.45, 7) is 5.23. The van der Waals surface area contributed by atoms with E-state index in [1.807, 2.05) is 30.9 Å². The maximum Gasteiger partial charge on any atom is 0.163 e. The van der Waals surface area contributed by atoms with Crippen molar-refractivity contribution in [2.45, 2.75) is 31.5 Å². The Balaban J connectivity index is 1.08. The van der Waals surface area contributed by atoms with Crippen LogP contribution in [-0.4, -0.2) is 67.4 Å². The van der Waals surface area contributed by atoms with Crippen LogP contribution in [0.4, 0.5) is 5.82 Å². The van der Waals surface area contributed by atoms with Gasteiger partial charge in [0.25, 0.3) is 0 Å². The molecule has 9 nitrogen and oxygen atoms in total. The second kappa shape index (κ2) is 9.57. The van der Waals surface area contributed by atoms with E-state index in [1.54, 1.807) is 6.33 Å². The first kappa shape index (κ1) is 22.4. The molecule has 1 aromatic carbocycles. The highest BCUT2D eigenvalue weighted by molar-refractivity contribution is 5.87. The Kier molecular flexibility index (Phi) is 5.79. The van der Waals surface area contributed by atoms with Crippen molar-refractivity contribution >= 4 is 27.8 Å². The van der Waals surface area contributed by atoms with Gasteiger partial charge in [-0.2, -0.15) is 5.10 Å². The molecule has 2 saturated heterocycles. The van der Waals surface area contributed by atoms with Gasteiger partial charge in [0.1, 0.15) is 18.2 Å². The Labute approximate surface area is 215 Å². The molecule has 5 aromatic rings. The zero-order valence-corrected chi connectivity index (χ0v) is 20.7. The summed E-state index contributed by atoms with van der Waals surface area (Å²) in [7, 11) is 0. The van der Waals surface area contributed by atoms with Crippen LogP contribution >= 0.6 is 0 Å². The van der Waals surface area contributed by atoms with Crippen LogP contribution in [0.3, 0.4) is 0 Å². The van der Waals surface area contributed by atoms with Gasteiger partial charge < -0.3 is 14.6 Å². The van der Waals surface area contributed by atoms with Crippen LogP contribution in [-0.2, 0) is 11.3 Å². The minimum Gasteiger partial charge on any atom is -0.370 e. The average molecular weight is 495 g/mol. The Morgan fingerprint density at radius 1 is 1.03 bits per heavy atom. The molecule has 2 fully saturated rings. The summed E-state index contributed by atoms with van der Waals surface area (Å²) in [5, 5.41) is 7.03. The minimum atomic E-state index is -0.00254. The Morgan fingerprint density at radius 2 is 1.97 bits per heavy atom. The number of anilines is 1. The molecule has 4 aromatic heterocycles. The number of aromatic amines is 1. The summed E-state index contributed by atoms with van der Waals surface area (Å²) in [5.41, 5.74) is 4.52. The molecule has 0 spiro atoms. The summed E-state index contributed by atoms with van der Waals surface area (Å²) < 4.78 is 8.31. The maximum atomic E-state index is 6.18. The van der Waals surface area contributed by atoms with Crippen molar-refractivity contribution in [3.63, 3.8) is 0 Å². The van der Waals surface area contributed by atoms with Crippen LogP contribution in [0, 0.1) is 0 Å². The number of likely N-dealkylation sites (tertiary alicyclic amines) is 1. The van der Waals surface area contributed by atoms with Gasteiger partial charge in [0, 0.05) is 56.8 Å². The lowest BCUT2D eigenvalue weighted by molar-refractivity contribution is 0.0397. The number of morpholine rings is 1. The highest BCUT2D eigenvalue weighted by atomic mass is 16.5. The Morgan fingerprint density at radius 3 is 2.86 bits per heavy atom. The zero-order chi connectivity index (χ0) is 24.6. The molecule has 1 unspecified atom stereocenters. The van der Waals surface area contributed by atoms with Crippen molar-refractivity contribution in [3.05, 3.63) is 78.6 Å². The van der Waals surface area contributed by atoms with Crippen LogP contribution in [0.1, 0.15) is 36.1 Å². The summed E-state index contributed by atoms with van der Waals surface area (Å²) in [5.74, 6) is 0.946. The first-order valence-corrected chi connectivity index (χ1v) is 13.0. The zero-order valence-electron chi connectivity index (χ0n) is 20.7. The van der Waals surface area contributed by atoms with Gasteiger partial charge in [-0.15, -0.1) is 0 Å². The molecule has 9 heteroatoms. The molecular formula is C28H30N8O. The van der Waals surface area contributed by atoms with Gasteiger partial charge in [0.15, 0.2) is 5.65 Å². The van der Waals surface area contributed by atoms with Gasteiger partial charge >= 0.3 is 0 Å². The molecule has 0 saturated carbocycles. The number of aromatic nitrogens is 6. The second-order valence-electron chi connectivity index (χ2n) is 10.0. The molecule has 0 amide bonds. The normalized spacial score (nSPS) is 19.7. The lowest BCUT2D eigenvalue weighted by Gasteiger charge is -2.34. The smallest absolute Gasteiger partial charge is 0.163 e. The van der Waals surface area contributed by atoms with E-state index in [-0.39, 0.29) is 6.10 Å². The quantitative estimate of drug-likeness (QED) is 0.393. The van der Waals surface area contributed by atoms with E-state index in [0.29, 0.717) is 12.6 Å². The van der Waals surface area contributed by atoms with E-state index in [2.05, 4.69) is 59.8 Å². The number of hydrogen-bond donors (Lipinski definition) is 1. The number of H-pyrrole nitrogens is 1. The lowest BCUT2D eigenvalue weighted by atomic mass is 10.0. The molecule has 2 aliphatic rings. The van der Waals surface area contributed by atoms with Gasteiger partial charge in [0.2, 0.25) is 0 Å². The summed E-state index contributed by atoms with van der Waals surface area (Å²) >= 11 is 0. The highest BCUT2D eigenvalue weighted by Gasteiger charge is 2.27. The van der Waals surface area contributed by atoms with E-state index in [4.69, 9.17) is 14.8 Å². The predicted molar refractivity (Wildman–Crippen MR) is 142 cm³/mol. The fourth-order valence-electron chi connectivity index (χ4n) is 5.76. The van der Waals surface area contributed by atoms with Crippen molar-refractivity contribution < 1.29 is 4.74 Å². The van der Waals surface area contributed by atoms with Crippen LogP contribution in [0.5, 0.6) is 0 Å². The van der Waals surface area contributed by atoms with Crippen molar-refractivity contribution in [1.29, 1.82) is 0 Å². The van der Waals surface area contributed by atoms with Gasteiger partial charge in [-0.05, 0) is 53.6 Å². The van der Waals surface area contributed by atoms with E-state index >= 15 is 0 Å². The maximum absolute atomic E-state index is 6.18. The van der Waals surface area contributed by atoms with E-state index in [1.165, 1.54) is 16.5 Å². The monoisotopic (exact) mass is 494 g/mol. The number of benzene rings is 1. The third kappa shape index (κ3) is 4.34. The standard InChI is InChI=1S/C28H30N8O/c1-2-20(15-29-8-1)17-34-10-6-23(7-11-34)36-28-24(16-33-36)27(31-19-32-28)35-12-13-37-26(18-35)22-3-4-25-21(14-22)5-9-30-25/h1-5,8-9,14-16,19,23,26,30H,6-7,10-13,17-18H2. The molecule has 1 atom stereocenters. The van der Waals surface area contributed by atoms with Crippen LogP contribution in [0.25, 0.3) is 21.9 Å². The van der Waals surface area contributed by atoms with Gasteiger partial charge in [-0.3, -0.25) is 9.88 Å². The van der Waals surface area contributed by atoms with Crippen LogP contribution < -0.4 is 4.90 Å². The molecule has 7 rings (SSSR count). The van der Waals surface area contributed by atoms with Gasteiger partial charge in [-0.1, -0.05) is 12.1 Å². The third-order valence-corrected chi connectivity index (χ3v) is 7.72.